The first-order valence-corrected chi connectivity index (χ1v) is 3.65. The Morgan fingerprint density at radius 3 is 2.92 bits per heavy atom. The Balaban J connectivity index is 2.37. The fourth-order valence-corrected chi connectivity index (χ4v) is 0.643. The second-order valence-corrected chi connectivity index (χ2v) is 2.41. The molecule has 0 spiro atoms. The fourth-order valence-electron chi connectivity index (χ4n) is 0.542. The van der Waals surface area contributed by atoms with Crippen molar-refractivity contribution in [2.75, 3.05) is 12.1 Å². The van der Waals surface area contributed by atoms with Gasteiger partial charge in [-0.2, -0.15) is 0 Å². The Morgan fingerprint density at radius 2 is 2.38 bits per heavy atom. The van der Waals surface area contributed by atoms with E-state index < -0.39 is 12.6 Å². The minimum Gasteiger partial charge on any atom is -0.479 e. The van der Waals surface area contributed by atoms with Crippen molar-refractivity contribution in [3.63, 3.8) is 0 Å². The Labute approximate surface area is 78.4 Å². The van der Waals surface area contributed by atoms with Crippen LogP contribution in [0.1, 0.15) is 0 Å². The average Bonchev–Trinajstić information content (AvgIpc) is 2.08. The first-order valence-electron chi connectivity index (χ1n) is 3.27. The van der Waals surface area contributed by atoms with E-state index in [-0.39, 0.29) is 5.15 Å². The van der Waals surface area contributed by atoms with Crippen molar-refractivity contribution < 1.29 is 14.7 Å². The minimum absolute atomic E-state index is 0.254. The molecule has 1 aromatic heterocycles. The third-order valence-electron chi connectivity index (χ3n) is 1.00. The van der Waals surface area contributed by atoms with Crippen LogP contribution in [-0.2, 0) is 9.63 Å². The molecule has 1 rings (SSSR count). The molecule has 0 amide bonds. The van der Waals surface area contributed by atoms with Gasteiger partial charge in [0.15, 0.2) is 17.6 Å². The minimum atomic E-state index is -1.07. The molecule has 0 aliphatic rings. The summed E-state index contributed by atoms with van der Waals surface area (Å²) in [6, 6.07) is 3.01. The van der Waals surface area contributed by atoms with Gasteiger partial charge >= 0.3 is 5.97 Å². The molecule has 1 aromatic rings. The number of carboxylic acids is 1. The number of rotatable bonds is 4. The number of nitrogens with zero attached hydrogens (tertiary/aromatic N) is 2. The van der Waals surface area contributed by atoms with E-state index >= 15 is 0 Å². The van der Waals surface area contributed by atoms with Crippen LogP contribution in [0.5, 0.6) is 0 Å². The summed E-state index contributed by atoms with van der Waals surface area (Å²) in [6.45, 7) is -0.454. The van der Waals surface area contributed by atoms with E-state index in [1.807, 2.05) is 0 Å². The number of anilines is 1. The monoisotopic (exact) mass is 203 g/mol. The molecular formula is C6H6ClN3O3. The summed E-state index contributed by atoms with van der Waals surface area (Å²) in [5.41, 5.74) is 2.29. The van der Waals surface area contributed by atoms with Crippen LogP contribution in [0.15, 0.2) is 12.1 Å². The molecule has 0 bridgehead atoms. The lowest BCUT2D eigenvalue weighted by molar-refractivity contribution is -0.141. The van der Waals surface area contributed by atoms with Crippen LogP contribution < -0.4 is 5.48 Å². The number of carboxylic acid groups (broad SMARTS) is 1. The molecule has 70 valence electrons. The van der Waals surface area contributed by atoms with E-state index in [1.165, 1.54) is 12.1 Å². The number of nitrogens with one attached hydrogen (secondary N) is 1. The summed E-state index contributed by atoms with van der Waals surface area (Å²) in [7, 11) is 0. The molecule has 0 aliphatic heterocycles. The second-order valence-electron chi connectivity index (χ2n) is 2.03. The number of hydrogen-bond donors (Lipinski definition) is 2. The number of halogens is 1. The third kappa shape index (κ3) is 3.68. The highest BCUT2D eigenvalue weighted by Crippen LogP contribution is 2.05. The van der Waals surface area contributed by atoms with Gasteiger partial charge in [0.05, 0.1) is 0 Å². The summed E-state index contributed by atoms with van der Waals surface area (Å²) in [6.07, 6.45) is 0. The predicted octanol–water partition coefficient (Wildman–Crippen LogP) is 0.558. The maximum absolute atomic E-state index is 10.0. The molecule has 13 heavy (non-hydrogen) atoms. The van der Waals surface area contributed by atoms with Gasteiger partial charge in [-0.25, -0.2) is 10.3 Å². The standard InChI is InChI=1S/C6H6ClN3O3/c7-4-1-2-5(9-8-4)10-13-3-6(11)12/h1-2H,3H2,(H,9,10)(H,11,12). The van der Waals surface area contributed by atoms with Gasteiger partial charge in [0.25, 0.3) is 0 Å². The molecular weight excluding hydrogens is 198 g/mol. The Hall–Kier alpha value is -1.40. The van der Waals surface area contributed by atoms with Crippen LogP contribution in [0.25, 0.3) is 0 Å². The fraction of sp³-hybridized carbons (Fsp3) is 0.167. The lowest BCUT2D eigenvalue weighted by Crippen LogP contribution is -2.12. The van der Waals surface area contributed by atoms with Crippen molar-refractivity contribution in [3.05, 3.63) is 17.3 Å². The highest BCUT2D eigenvalue weighted by molar-refractivity contribution is 6.29. The molecule has 7 heteroatoms. The zero-order chi connectivity index (χ0) is 9.68. The molecule has 0 unspecified atom stereocenters. The Kier molecular flexibility index (Phi) is 3.41. The van der Waals surface area contributed by atoms with Crippen LogP contribution in [0.3, 0.4) is 0 Å². The van der Waals surface area contributed by atoms with Gasteiger partial charge in [-0.1, -0.05) is 11.6 Å². The van der Waals surface area contributed by atoms with E-state index in [0.717, 1.165) is 0 Å². The first-order chi connectivity index (χ1) is 6.18. The summed E-state index contributed by atoms with van der Waals surface area (Å²) < 4.78 is 0. The van der Waals surface area contributed by atoms with E-state index in [1.54, 1.807) is 0 Å². The quantitative estimate of drug-likeness (QED) is 0.696. The Morgan fingerprint density at radius 1 is 1.62 bits per heavy atom. The molecule has 0 aliphatic carbocycles. The average molecular weight is 204 g/mol. The topological polar surface area (TPSA) is 84.3 Å². The first kappa shape index (κ1) is 9.69. The van der Waals surface area contributed by atoms with Gasteiger partial charge in [-0.15, -0.1) is 10.2 Å². The van der Waals surface area contributed by atoms with Crippen molar-refractivity contribution in [3.8, 4) is 0 Å². The van der Waals surface area contributed by atoms with Crippen molar-refractivity contribution in [2.45, 2.75) is 0 Å². The van der Waals surface area contributed by atoms with Crippen LogP contribution in [-0.4, -0.2) is 27.9 Å². The molecule has 2 N–H and O–H groups in total. The predicted molar refractivity (Wildman–Crippen MR) is 44.3 cm³/mol. The summed E-state index contributed by atoms with van der Waals surface area (Å²) in [5.74, 6) is -0.778. The number of carbonyl (C=O) groups is 1. The van der Waals surface area contributed by atoms with Crippen molar-refractivity contribution in [2.24, 2.45) is 0 Å². The van der Waals surface area contributed by atoms with E-state index in [4.69, 9.17) is 16.7 Å². The van der Waals surface area contributed by atoms with Gasteiger partial charge in [-0.05, 0) is 12.1 Å². The second kappa shape index (κ2) is 4.58. The molecule has 0 saturated carbocycles. The van der Waals surface area contributed by atoms with Gasteiger partial charge < -0.3 is 5.11 Å². The third-order valence-corrected chi connectivity index (χ3v) is 1.21. The zero-order valence-electron chi connectivity index (χ0n) is 6.40. The van der Waals surface area contributed by atoms with Gasteiger partial charge in [-0.3, -0.25) is 4.84 Å². The maximum atomic E-state index is 10.0. The molecule has 0 fully saturated rings. The van der Waals surface area contributed by atoms with Crippen molar-refractivity contribution >= 4 is 23.4 Å². The van der Waals surface area contributed by atoms with Crippen LogP contribution >= 0.6 is 11.6 Å². The zero-order valence-corrected chi connectivity index (χ0v) is 7.15. The molecule has 1 heterocycles. The molecule has 0 radical (unpaired) electrons. The molecule has 6 nitrogen and oxygen atoms in total. The maximum Gasteiger partial charge on any atom is 0.332 e. The summed E-state index contributed by atoms with van der Waals surface area (Å²) >= 11 is 5.46. The SMILES string of the molecule is O=C(O)CONc1ccc(Cl)nn1. The lowest BCUT2D eigenvalue weighted by atomic mass is 10.5. The Bertz CT molecular complexity index is 290. The largest absolute Gasteiger partial charge is 0.479 e. The van der Waals surface area contributed by atoms with E-state index in [9.17, 15) is 4.79 Å². The highest BCUT2D eigenvalue weighted by Gasteiger charge is 1.98. The van der Waals surface area contributed by atoms with Crippen LogP contribution in [0, 0.1) is 0 Å². The highest BCUT2D eigenvalue weighted by atomic mass is 35.5. The normalized spacial score (nSPS) is 9.62. The smallest absolute Gasteiger partial charge is 0.332 e. The number of hydrogen-bond acceptors (Lipinski definition) is 5. The number of aliphatic carboxylic acids is 1. The molecule has 0 atom stereocenters. The van der Waals surface area contributed by atoms with Crippen molar-refractivity contribution in [1.82, 2.24) is 10.2 Å². The van der Waals surface area contributed by atoms with Crippen molar-refractivity contribution in [1.29, 1.82) is 0 Å². The summed E-state index contributed by atoms with van der Waals surface area (Å²) in [5, 5.41) is 15.5. The number of aromatic nitrogens is 2. The lowest BCUT2D eigenvalue weighted by Gasteiger charge is -2.01. The molecule has 0 aromatic carbocycles. The summed E-state index contributed by atoms with van der Waals surface area (Å²) in [4.78, 5) is 14.5. The van der Waals surface area contributed by atoms with Crippen LogP contribution in [0.2, 0.25) is 5.15 Å². The van der Waals surface area contributed by atoms with Gasteiger partial charge in [0.2, 0.25) is 0 Å². The van der Waals surface area contributed by atoms with E-state index in [2.05, 4.69) is 20.5 Å². The van der Waals surface area contributed by atoms with E-state index in [0.29, 0.717) is 5.82 Å². The molecule has 0 saturated heterocycles. The van der Waals surface area contributed by atoms with Gasteiger partial charge in [0, 0.05) is 0 Å². The van der Waals surface area contributed by atoms with Gasteiger partial charge in [0.1, 0.15) is 0 Å². The van der Waals surface area contributed by atoms with Crippen LogP contribution in [0.4, 0.5) is 5.82 Å².